The SMILES string of the molecule is O=C(NCCS(=O)(=O)O)c1ccc(CC(C(=O)Nc2ccc(-c3ccc(Cl)c(F)c3)c(C(F)(F)F)c2)c2ccc(-c3ccc(Cl)c(F)c3)cc2)cc1. The summed E-state index contributed by atoms with van der Waals surface area (Å²) in [5.41, 5.74) is 0.628. The van der Waals surface area contributed by atoms with E-state index in [9.17, 15) is 40.0 Å². The van der Waals surface area contributed by atoms with Crippen molar-refractivity contribution in [3.05, 3.63) is 147 Å². The van der Waals surface area contributed by atoms with Gasteiger partial charge in [0.1, 0.15) is 11.6 Å². The zero-order chi connectivity index (χ0) is 37.8. The number of amides is 2. The first kappa shape index (κ1) is 38.4. The molecule has 2 amide bonds. The number of benzene rings is 5. The van der Waals surface area contributed by atoms with Crippen molar-refractivity contribution in [2.75, 3.05) is 17.6 Å². The maximum Gasteiger partial charge on any atom is 0.417 e. The summed E-state index contributed by atoms with van der Waals surface area (Å²) >= 11 is 11.5. The molecular weight excluding hydrogens is 750 g/mol. The summed E-state index contributed by atoms with van der Waals surface area (Å²) in [6, 6.07) is 23.3. The molecule has 7 nitrogen and oxygen atoms in total. The lowest BCUT2D eigenvalue weighted by Crippen LogP contribution is -2.28. The highest BCUT2D eigenvalue weighted by Gasteiger charge is 2.34. The number of hydrogen-bond donors (Lipinski definition) is 3. The molecule has 0 aliphatic heterocycles. The first-order chi connectivity index (χ1) is 24.5. The smallest absolute Gasteiger partial charge is 0.351 e. The minimum atomic E-state index is -4.87. The van der Waals surface area contributed by atoms with Crippen LogP contribution in [0, 0.1) is 11.6 Å². The van der Waals surface area contributed by atoms with E-state index < -0.39 is 57.0 Å². The van der Waals surface area contributed by atoms with Gasteiger partial charge in [0.15, 0.2) is 0 Å². The van der Waals surface area contributed by atoms with Crippen LogP contribution in [-0.4, -0.2) is 37.1 Å². The summed E-state index contributed by atoms with van der Waals surface area (Å²) in [4.78, 5) is 26.3. The Morgan fingerprint density at radius 1 is 0.750 bits per heavy atom. The van der Waals surface area contributed by atoms with Gasteiger partial charge in [-0.2, -0.15) is 21.6 Å². The fourth-order valence-electron chi connectivity index (χ4n) is 5.37. The van der Waals surface area contributed by atoms with Crippen LogP contribution in [0.5, 0.6) is 0 Å². The number of carbonyl (C=O) groups excluding carboxylic acids is 2. The minimum Gasteiger partial charge on any atom is -0.351 e. The lowest BCUT2D eigenvalue weighted by molar-refractivity contribution is -0.137. The van der Waals surface area contributed by atoms with E-state index in [0.29, 0.717) is 22.3 Å². The van der Waals surface area contributed by atoms with Crippen molar-refractivity contribution in [1.29, 1.82) is 0 Å². The number of rotatable bonds is 11. The normalized spacial score (nSPS) is 12.3. The second-order valence-corrected chi connectivity index (χ2v) is 14.0. The molecule has 1 unspecified atom stereocenters. The van der Waals surface area contributed by atoms with Gasteiger partial charge in [0.25, 0.3) is 16.0 Å². The highest BCUT2D eigenvalue weighted by molar-refractivity contribution is 7.85. The number of nitrogens with one attached hydrogen (secondary N) is 2. The van der Waals surface area contributed by atoms with Gasteiger partial charge in [0.05, 0.1) is 27.3 Å². The van der Waals surface area contributed by atoms with E-state index in [1.807, 2.05) is 0 Å². The van der Waals surface area contributed by atoms with Crippen LogP contribution in [-0.2, 0) is 27.5 Å². The van der Waals surface area contributed by atoms with Crippen molar-refractivity contribution in [2.45, 2.75) is 18.5 Å². The molecule has 270 valence electrons. The zero-order valence-corrected chi connectivity index (χ0v) is 29.0. The highest BCUT2D eigenvalue weighted by atomic mass is 35.5. The summed E-state index contributed by atoms with van der Waals surface area (Å²) in [5.74, 6) is -4.46. The van der Waals surface area contributed by atoms with E-state index in [2.05, 4.69) is 10.6 Å². The first-order valence-corrected chi connectivity index (χ1v) is 17.7. The molecule has 0 fully saturated rings. The van der Waals surface area contributed by atoms with Crippen molar-refractivity contribution in [3.63, 3.8) is 0 Å². The van der Waals surface area contributed by atoms with Crippen LogP contribution >= 0.6 is 23.2 Å². The number of halogens is 7. The van der Waals surface area contributed by atoms with Crippen LogP contribution in [0.4, 0.5) is 27.6 Å². The Morgan fingerprint density at radius 3 is 1.90 bits per heavy atom. The molecule has 0 aliphatic carbocycles. The van der Waals surface area contributed by atoms with Crippen molar-refractivity contribution in [3.8, 4) is 22.3 Å². The Kier molecular flexibility index (Phi) is 11.7. The second kappa shape index (κ2) is 15.8. The Hall–Kier alpha value is -4.82. The van der Waals surface area contributed by atoms with Crippen molar-refractivity contribution in [1.82, 2.24) is 5.32 Å². The molecule has 52 heavy (non-hydrogen) atoms. The van der Waals surface area contributed by atoms with E-state index in [1.54, 1.807) is 42.5 Å². The molecule has 0 aromatic heterocycles. The first-order valence-electron chi connectivity index (χ1n) is 15.3. The molecule has 0 spiro atoms. The van der Waals surface area contributed by atoms with Gasteiger partial charge in [-0.3, -0.25) is 14.1 Å². The lowest BCUT2D eigenvalue weighted by atomic mass is 9.89. The van der Waals surface area contributed by atoms with E-state index in [1.165, 1.54) is 36.4 Å². The lowest BCUT2D eigenvalue weighted by Gasteiger charge is -2.20. The number of hydrogen-bond acceptors (Lipinski definition) is 4. The summed E-state index contributed by atoms with van der Waals surface area (Å²) in [5, 5.41) is 4.62. The van der Waals surface area contributed by atoms with Crippen LogP contribution in [0.1, 0.15) is 33.0 Å². The number of anilines is 1. The average molecular weight is 778 g/mol. The van der Waals surface area contributed by atoms with E-state index >= 15 is 0 Å². The predicted molar refractivity (Wildman–Crippen MR) is 189 cm³/mol. The zero-order valence-electron chi connectivity index (χ0n) is 26.6. The van der Waals surface area contributed by atoms with Crippen molar-refractivity contribution in [2.24, 2.45) is 0 Å². The van der Waals surface area contributed by atoms with Crippen LogP contribution < -0.4 is 10.6 Å². The average Bonchev–Trinajstić information content (AvgIpc) is 3.09. The van der Waals surface area contributed by atoms with Crippen LogP contribution in [0.25, 0.3) is 22.3 Å². The highest BCUT2D eigenvalue weighted by Crippen LogP contribution is 2.40. The second-order valence-electron chi connectivity index (χ2n) is 11.6. The maximum absolute atomic E-state index is 14.2. The monoisotopic (exact) mass is 776 g/mol. The van der Waals surface area contributed by atoms with Crippen LogP contribution in [0.15, 0.2) is 103 Å². The summed E-state index contributed by atoms with van der Waals surface area (Å²) in [6.07, 6.45) is -4.84. The third-order valence-electron chi connectivity index (χ3n) is 8.01. The molecule has 5 aromatic carbocycles. The summed E-state index contributed by atoms with van der Waals surface area (Å²) in [6.45, 7) is -0.325. The molecule has 0 saturated carbocycles. The van der Waals surface area contributed by atoms with Gasteiger partial charge in [-0.05, 0) is 88.3 Å². The molecule has 0 saturated heterocycles. The van der Waals surface area contributed by atoms with E-state index in [0.717, 1.165) is 24.3 Å². The van der Waals surface area contributed by atoms with Crippen molar-refractivity contribution >= 4 is 50.8 Å². The van der Waals surface area contributed by atoms with Gasteiger partial charge in [-0.1, -0.05) is 77.8 Å². The predicted octanol–water partition coefficient (Wildman–Crippen LogP) is 9.21. The molecule has 0 bridgehead atoms. The molecule has 5 aromatic rings. The Bertz CT molecular complexity index is 2230. The topological polar surface area (TPSA) is 113 Å². The van der Waals surface area contributed by atoms with Gasteiger partial charge in [0.2, 0.25) is 5.91 Å². The van der Waals surface area contributed by atoms with Gasteiger partial charge in [-0.15, -0.1) is 0 Å². The van der Waals surface area contributed by atoms with Crippen LogP contribution in [0.2, 0.25) is 10.0 Å². The van der Waals surface area contributed by atoms with Gasteiger partial charge < -0.3 is 10.6 Å². The molecule has 0 radical (unpaired) electrons. The fourth-order valence-corrected chi connectivity index (χ4v) is 5.97. The Morgan fingerprint density at radius 2 is 1.33 bits per heavy atom. The minimum absolute atomic E-state index is 0.0275. The molecule has 1 atom stereocenters. The maximum atomic E-state index is 14.2. The van der Waals surface area contributed by atoms with Crippen molar-refractivity contribution < 1.29 is 44.5 Å². The fraction of sp³-hybridized carbons (Fsp3) is 0.135. The van der Waals surface area contributed by atoms with Gasteiger partial charge in [-0.25, -0.2) is 8.78 Å². The molecule has 0 heterocycles. The van der Waals surface area contributed by atoms with E-state index in [-0.39, 0.29) is 45.4 Å². The third kappa shape index (κ3) is 9.73. The van der Waals surface area contributed by atoms with Gasteiger partial charge >= 0.3 is 6.18 Å². The molecular formula is C37H27Cl2F5N2O5S. The van der Waals surface area contributed by atoms with Gasteiger partial charge in [0, 0.05) is 17.8 Å². The molecule has 3 N–H and O–H groups in total. The molecule has 0 aliphatic rings. The largest absolute Gasteiger partial charge is 0.417 e. The summed E-state index contributed by atoms with van der Waals surface area (Å²) in [7, 11) is -4.28. The standard InChI is InChI=1S/C37H27Cl2F5N2O5S/c38-31-13-9-25(18-33(31)40)22-5-7-23(8-6-22)29(17-21-1-3-24(4-2-21)35(47)45-15-16-52(49,50)51)36(48)46-27-11-12-28(30(20-27)37(42,43)44)26-10-14-32(39)34(41)19-26/h1-14,18-20,29H,15-17H2,(H,45,47)(H,46,48)(H,49,50,51). The number of carbonyl (C=O) groups is 2. The van der Waals surface area contributed by atoms with E-state index in [4.69, 9.17) is 27.8 Å². The summed E-state index contributed by atoms with van der Waals surface area (Å²) < 4.78 is 102. The molecule has 15 heteroatoms. The number of alkyl halides is 3. The third-order valence-corrected chi connectivity index (χ3v) is 9.34. The Labute approximate surface area is 305 Å². The Balaban J connectivity index is 1.44. The quantitative estimate of drug-likeness (QED) is 0.0915. The van der Waals surface area contributed by atoms with Crippen LogP contribution in [0.3, 0.4) is 0 Å². The molecule has 5 rings (SSSR count).